The van der Waals surface area contributed by atoms with E-state index < -0.39 is 30.9 Å². The SMILES string of the molecule is CC(C)(COc1c(Br)cc(F)cc1[N+](=O)[O-])CS(=O)(=O)Cl. The molecule has 1 rings (SSSR count). The molecule has 0 amide bonds. The molecule has 0 N–H and O–H groups in total. The first-order valence-corrected chi connectivity index (χ1v) is 8.87. The quantitative estimate of drug-likeness (QED) is 0.411. The highest BCUT2D eigenvalue weighted by Crippen LogP contribution is 2.37. The first-order valence-electron chi connectivity index (χ1n) is 5.60. The zero-order valence-corrected chi connectivity index (χ0v) is 14.3. The van der Waals surface area contributed by atoms with Crippen molar-refractivity contribution in [1.82, 2.24) is 0 Å². The Morgan fingerprint density at radius 1 is 1.48 bits per heavy atom. The van der Waals surface area contributed by atoms with Crippen LogP contribution in [-0.4, -0.2) is 25.7 Å². The number of nitrogens with zero attached hydrogens (tertiary/aromatic N) is 1. The number of benzene rings is 1. The molecule has 0 atom stereocenters. The van der Waals surface area contributed by atoms with Gasteiger partial charge in [0, 0.05) is 16.1 Å². The Balaban J connectivity index is 3.01. The molecule has 0 fully saturated rings. The smallest absolute Gasteiger partial charge is 0.315 e. The van der Waals surface area contributed by atoms with Crippen LogP contribution in [0.3, 0.4) is 0 Å². The second-order valence-corrected chi connectivity index (χ2v) is 8.76. The van der Waals surface area contributed by atoms with E-state index in [9.17, 15) is 22.9 Å². The Morgan fingerprint density at radius 3 is 2.52 bits per heavy atom. The lowest BCUT2D eigenvalue weighted by Gasteiger charge is -2.23. The van der Waals surface area contributed by atoms with Crippen LogP contribution in [0.25, 0.3) is 0 Å². The predicted molar refractivity (Wildman–Crippen MR) is 79.7 cm³/mol. The molecule has 0 aliphatic rings. The molecule has 0 saturated carbocycles. The molecule has 0 spiro atoms. The third-order valence-electron chi connectivity index (χ3n) is 2.36. The van der Waals surface area contributed by atoms with Gasteiger partial charge in [-0.05, 0) is 22.0 Å². The van der Waals surface area contributed by atoms with Crippen LogP contribution < -0.4 is 4.74 Å². The lowest BCUT2D eigenvalue weighted by atomic mass is 9.98. The largest absolute Gasteiger partial charge is 0.485 e. The maximum Gasteiger partial charge on any atom is 0.315 e. The van der Waals surface area contributed by atoms with Gasteiger partial charge in [0.25, 0.3) is 0 Å². The van der Waals surface area contributed by atoms with Crippen molar-refractivity contribution in [3.63, 3.8) is 0 Å². The summed E-state index contributed by atoms with van der Waals surface area (Å²) in [5.74, 6) is -1.32. The van der Waals surface area contributed by atoms with Crippen molar-refractivity contribution in [2.24, 2.45) is 5.41 Å². The van der Waals surface area contributed by atoms with Crippen LogP contribution in [0.2, 0.25) is 0 Å². The Labute approximate surface area is 133 Å². The minimum Gasteiger partial charge on any atom is -0.485 e. The first kappa shape index (κ1) is 18.1. The fourth-order valence-corrected chi connectivity index (χ4v) is 4.04. The average molecular weight is 405 g/mol. The second kappa shape index (κ2) is 6.45. The molecule has 0 aromatic heterocycles. The molecule has 1 aromatic carbocycles. The molecular weight excluding hydrogens is 393 g/mol. The minimum atomic E-state index is -3.74. The lowest BCUT2D eigenvalue weighted by molar-refractivity contribution is -0.386. The third kappa shape index (κ3) is 5.76. The van der Waals surface area contributed by atoms with E-state index in [1.165, 1.54) is 0 Å². The van der Waals surface area contributed by atoms with Gasteiger partial charge in [-0.25, -0.2) is 12.8 Å². The van der Waals surface area contributed by atoms with Crippen LogP contribution >= 0.6 is 26.6 Å². The summed E-state index contributed by atoms with van der Waals surface area (Å²) in [7, 11) is 1.44. The van der Waals surface area contributed by atoms with Gasteiger partial charge >= 0.3 is 5.69 Å². The molecule has 10 heteroatoms. The second-order valence-electron chi connectivity index (χ2n) is 5.13. The summed E-state index contributed by atoms with van der Waals surface area (Å²) in [6.07, 6.45) is 0. The number of nitro groups is 1. The monoisotopic (exact) mass is 403 g/mol. The van der Waals surface area contributed by atoms with E-state index in [-0.39, 0.29) is 22.6 Å². The highest BCUT2D eigenvalue weighted by Gasteiger charge is 2.28. The maximum atomic E-state index is 13.2. The van der Waals surface area contributed by atoms with Gasteiger partial charge in [0.1, 0.15) is 5.82 Å². The summed E-state index contributed by atoms with van der Waals surface area (Å²) in [6.45, 7) is 3.01. The molecule has 0 saturated heterocycles. The summed E-state index contributed by atoms with van der Waals surface area (Å²) >= 11 is 2.98. The molecule has 0 aliphatic carbocycles. The van der Waals surface area contributed by atoms with E-state index in [1.54, 1.807) is 13.8 Å². The van der Waals surface area contributed by atoms with E-state index in [0.717, 1.165) is 12.1 Å². The molecular formula is C11H12BrClFNO5S. The van der Waals surface area contributed by atoms with Crippen molar-refractivity contribution in [3.05, 3.63) is 32.5 Å². The third-order valence-corrected chi connectivity index (χ3v) is 4.40. The Kier molecular flexibility index (Phi) is 5.57. The number of hydrogen-bond donors (Lipinski definition) is 0. The van der Waals surface area contributed by atoms with Crippen LogP contribution in [0.1, 0.15) is 13.8 Å². The fraction of sp³-hybridized carbons (Fsp3) is 0.455. The van der Waals surface area contributed by atoms with Gasteiger partial charge < -0.3 is 4.74 Å². The molecule has 118 valence electrons. The topological polar surface area (TPSA) is 86.5 Å². The average Bonchev–Trinajstić information content (AvgIpc) is 2.23. The Bertz CT molecular complexity index is 665. The number of rotatable bonds is 6. The summed E-state index contributed by atoms with van der Waals surface area (Å²) in [5, 5.41) is 10.9. The highest BCUT2D eigenvalue weighted by molar-refractivity contribution is 9.10. The van der Waals surface area contributed by atoms with Gasteiger partial charge in [-0.15, -0.1) is 0 Å². The van der Waals surface area contributed by atoms with Crippen LogP contribution in [0.5, 0.6) is 5.75 Å². The summed E-state index contributed by atoms with van der Waals surface area (Å²) < 4.78 is 40.7. The van der Waals surface area contributed by atoms with Gasteiger partial charge in [-0.3, -0.25) is 10.1 Å². The van der Waals surface area contributed by atoms with E-state index in [4.69, 9.17) is 15.4 Å². The molecule has 6 nitrogen and oxygen atoms in total. The Hall–Kier alpha value is -0.930. The fourth-order valence-electron chi connectivity index (χ4n) is 1.60. The van der Waals surface area contributed by atoms with Crippen molar-refractivity contribution >= 4 is 41.4 Å². The molecule has 0 heterocycles. The number of halogens is 3. The summed E-state index contributed by atoms with van der Waals surface area (Å²) in [6, 6.07) is 1.75. The lowest BCUT2D eigenvalue weighted by Crippen LogP contribution is -2.28. The van der Waals surface area contributed by atoms with Crippen LogP contribution in [0.15, 0.2) is 16.6 Å². The van der Waals surface area contributed by atoms with Crippen LogP contribution in [-0.2, 0) is 9.05 Å². The van der Waals surface area contributed by atoms with Crippen molar-refractivity contribution < 1.29 is 22.5 Å². The van der Waals surface area contributed by atoms with Crippen LogP contribution in [0.4, 0.5) is 10.1 Å². The molecule has 0 unspecified atom stereocenters. The van der Waals surface area contributed by atoms with Crippen molar-refractivity contribution in [2.45, 2.75) is 13.8 Å². The van der Waals surface area contributed by atoms with Crippen molar-refractivity contribution in [2.75, 3.05) is 12.4 Å². The van der Waals surface area contributed by atoms with E-state index in [2.05, 4.69) is 15.9 Å². The van der Waals surface area contributed by atoms with Gasteiger partial charge in [0.05, 0.1) is 27.8 Å². The standard InChI is InChI=1S/C11H12BrClFNO5S/c1-11(2,6-21(13,18)19)5-20-10-8(12)3-7(14)4-9(10)15(16)17/h3-4H,5-6H2,1-2H3. The molecule has 1 aromatic rings. The number of ether oxygens (including phenoxy) is 1. The molecule has 21 heavy (non-hydrogen) atoms. The Morgan fingerprint density at radius 2 is 2.05 bits per heavy atom. The number of hydrogen-bond acceptors (Lipinski definition) is 5. The highest BCUT2D eigenvalue weighted by atomic mass is 79.9. The molecule has 0 bridgehead atoms. The zero-order valence-electron chi connectivity index (χ0n) is 11.1. The van der Waals surface area contributed by atoms with E-state index >= 15 is 0 Å². The zero-order chi connectivity index (χ0) is 16.4. The maximum absolute atomic E-state index is 13.2. The summed E-state index contributed by atoms with van der Waals surface area (Å²) in [5.41, 5.74) is -1.42. The van der Waals surface area contributed by atoms with Gasteiger partial charge in [-0.1, -0.05) is 13.8 Å². The van der Waals surface area contributed by atoms with Crippen molar-refractivity contribution in [3.8, 4) is 5.75 Å². The van der Waals surface area contributed by atoms with E-state index in [0.29, 0.717) is 0 Å². The molecule has 0 radical (unpaired) electrons. The minimum absolute atomic E-state index is 0.0683. The molecule has 0 aliphatic heterocycles. The first-order chi connectivity index (χ1) is 9.41. The van der Waals surface area contributed by atoms with Gasteiger partial charge in [0.2, 0.25) is 14.8 Å². The van der Waals surface area contributed by atoms with Crippen LogP contribution in [0, 0.1) is 21.3 Å². The van der Waals surface area contributed by atoms with Gasteiger partial charge in [-0.2, -0.15) is 0 Å². The van der Waals surface area contributed by atoms with Crippen molar-refractivity contribution in [1.29, 1.82) is 0 Å². The number of nitro benzene ring substituents is 1. The summed E-state index contributed by atoms with van der Waals surface area (Å²) in [4.78, 5) is 10.1. The normalized spacial score (nSPS) is 12.2. The van der Waals surface area contributed by atoms with Gasteiger partial charge in [0.15, 0.2) is 0 Å². The predicted octanol–water partition coefficient (Wildman–Crippen LogP) is 3.47. The van der Waals surface area contributed by atoms with E-state index in [1.807, 2.05) is 0 Å².